The number of morpholine rings is 1. The molecule has 28 heavy (non-hydrogen) atoms. The molecule has 3 aromatic rings. The SMILES string of the molecule is Cc1ccccc1-c1nnc(SC[C@H]2CN(Cc3ccccc3Cl)CCO2)o1. The van der Waals surface area contributed by atoms with Gasteiger partial charge < -0.3 is 9.15 Å². The van der Waals surface area contributed by atoms with Crippen molar-refractivity contribution in [3.05, 3.63) is 64.7 Å². The van der Waals surface area contributed by atoms with Crippen LogP contribution in [-0.2, 0) is 11.3 Å². The van der Waals surface area contributed by atoms with Gasteiger partial charge in [-0.1, -0.05) is 59.8 Å². The second-order valence-electron chi connectivity index (χ2n) is 6.82. The molecule has 0 amide bonds. The van der Waals surface area contributed by atoms with Gasteiger partial charge in [-0.25, -0.2) is 0 Å². The van der Waals surface area contributed by atoms with Crippen LogP contribution in [0.4, 0.5) is 0 Å². The first-order valence-electron chi connectivity index (χ1n) is 9.29. The highest BCUT2D eigenvalue weighted by Gasteiger charge is 2.22. The number of hydrogen-bond donors (Lipinski definition) is 0. The van der Waals surface area contributed by atoms with Crippen molar-refractivity contribution in [1.82, 2.24) is 15.1 Å². The lowest BCUT2D eigenvalue weighted by molar-refractivity contribution is -0.0187. The molecule has 0 bridgehead atoms. The van der Waals surface area contributed by atoms with Gasteiger partial charge >= 0.3 is 0 Å². The summed E-state index contributed by atoms with van der Waals surface area (Å²) < 4.78 is 11.8. The van der Waals surface area contributed by atoms with E-state index < -0.39 is 0 Å². The van der Waals surface area contributed by atoms with Gasteiger partial charge in [0.05, 0.1) is 12.7 Å². The minimum atomic E-state index is 0.120. The third-order valence-corrected chi connectivity index (χ3v) is 6.07. The van der Waals surface area contributed by atoms with E-state index in [0.717, 1.165) is 47.1 Å². The second-order valence-corrected chi connectivity index (χ2v) is 8.20. The zero-order chi connectivity index (χ0) is 19.3. The number of aryl methyl sites for hydroxylation is 1. The minimum absolute atomic E-state index is 0.120. The van der Waals surface area contributed by atoms with Gasteiger partial charge in [0, 0.05) is 36.0 Å². The third kappa shape index (κ3) is 4.75. The summed E-state index contributed by atoms with van der Waals surface area (Å²) in [4.78, 5) is 2.38. The molecule has 0 radical (unpaired) electrons. The topological polar surface area (TPSA) is 51.4 Å². The molecule has 0 saturated carbocycles. The number of benzene rings is 2. The number of thioether (sulfide) groups is 1. The van der Waals surface area contributed by atoms with Crippen molar-refractivity contribution in [1.29, 1.82) is 0 Å². The first kappa shape index (κ1) is 19.5. The molecule has 1 atom stereocenters. The molecule has 0 spiro atoms. The smallest absolute Gasteiger partial charge is 0.276 e. The summed E-state index contributed by atoms with van der Waals surface area (Å²) in [5.74, 6) is 1.33. The Morgan fingerprint density at radius 3 is 2.82 bits per heavy atom. The summed E-state index contributed by atoms with van der Waals surface area (Å²) in [6.07, 6.45) is 0.120. The van der Waals surface area contributed by atoms with Crippen LogP contribution in [-0.4, -0.2) is 46.7 Å². The number of hydrogen-bond acceptors (Lipinski definition) is 6. The van der Waals surface area contributed by atoms with Gasteiger partial charge in [0.2, 0.25) is 5.89 Å². The average Bonchev–Trinajstić information content (AvgIpc) is 3.18. The molecule has 2 heterocycles. The van der Waals surface area contributed by atoms with Gasteiger partial charge in [-0.3, -0.25) is 4.90 Å². The molecule has 146 valence electrons. The molecule has 2 aromatic carbocycles. The number of rotatable bonds is 6. The fourth-order valence-electron chi connectivity index (χ4n) is 3.25. The van der Waals surface area contributed by atoms with E-state index in [-0.39, 0.29) is 6.10 Å². The Balaban J connectivity index is 1.33. The predicted molar refractivity (Wildman–Crippen MR) is 112 cm³/mol. The first-order chi connectivity index (χ1) is 13.7. The van der Waals surface area contributed by atoms with Crippen LogP contribution >= 0.6 is 23.4 Å². The fourth-order valence-corrected chi connectivity index (χ4v) is 4.21. The largest absolute Gasteiger partial charge is 0.411 e. The molecule has 1 saturated heterocycles. The number of nitrogens with zero attached hydrogens (tertiary/aromatic N) is 3. The van der Waals surface area contributed by atoms with Crippen LogP contribution in [0.1, 0.15) is 11.1 Å². The molecule has 5 nitrogen and oxygen atoms in total. The van der Waals surface area contributed by atoms with Gasteiger partial charge in [-0.15, -0.1) is 10.2 Å². The van der Waals surface area contributed by atoms with Gasteiger partial charge in [0.1, 0.15) is 0 Å². The van der Waals surface area contributed by atoms with Crippen molar-refractivity contribution in [2.24, 2.45) is 0 Å². The van der Waals surface area contributed by atoms with Crippen molar-refractivity contribution >= 4 is 23.4 Å². The molecule has 1 aromatic heterocycles. The summed E-state index contributed by atoms with van der Waals surface area (Å²) in [5, 5.41) is 9.75. The standard InChI is InChI=1S/C21H22ClN3O2S/c1-15-6-2-4-8-18(15)20-23-24-21(27-20)28-14-17-13-25(10-11-26-17)12-16-7-3-5-9-19(16)22/h2-9,17H,10-14H2,1H3/t17-/m1/s1. The van der Waals surface area contributed by atoms with Gasteiger partial charge in [-0.05, 0) is 30.2 Å². The summed E-state index contributed by atoms with van der Waals surface area (Å²) in [6, 6.07) is 16.0. The maximum absolute atomic E-state index is 6.30. The van der Waals surface area contributed by atoms with Crippen LogP contribution in [0, 0.1) is 6.92 Å². The molecule has 1 aliphatic rings. The average molecular weight is 416 g/mol. The van der Waals surface area contributed by atoms with Crippen LogP contribution in [0.25, 0.3) is 11.5 Å². The van der Waals surface area contributed by atoms with Crippen molar-refractivity contribution < 1.29 is 9.15 Å². The summed E-state index contributed by atoms with van der Waals surface area (Å²) in [5.41, 5.74) is 3.24. The molecule has 0 unspecified atom stereocenters. The molecule has 0 N–H and O–H groups in total. The Bertz CT molecular complexity index is 933. The molecular formula is C21H22ClN3O2S. The Labute approximate surface area is 174 Å². The van der Waals surface area contributed by atoms with E-state index in [0.29, 0.717) is 17.7 Å². The Morgan fingerprint density at radius 2 is 1.96 bits per heavy atom. The Kier molecular flexibility index (Phi) is 6.32. The van der Waals surface area contributed by atoms with Crippen molar-refractivity contribution in [2.45, 2.75) is 24.8 Å². The lowest BCUT2D eigenvalue weighted by Crippen LogP contribution is -2.43. The first-order valence-corrected chi connectivity index (χ1v) is 10.6. The monoisotopic (exact) mass is 415 g/mol. The molecule has 1 aliphatic heterocycles. The summed E-state index contributed by atoms with van der Waals surface area (Å²) >= 11 is 7.84. The van der Waals surface area contributed by atoms with Crippen LogP contribution < -0.4 is 0 Å². The number of ether oxygens (including phenoxy) is 1. The highest BCUT2D eigenvalue weighted by atomic mass is 35.5. The van der Waals surface area contributed by atoms with E-state index >= 15 is 0 Å². The van der Waals surface area contributed by atoms with E-state index in [4.69, 9.17) is 20.8 Å². The van der Waals surface area contributed by atoms with Crippen LogP contribution in [0.2, 0.25) is 5.02 Å². The normalized spacial score (nSPS) is 17.7. The maximum Gasteiger partial charge on any atom is 0.276 e. The van der Waals surface area contributed by atoms with Gasteiger partial charge in [-0.2, -0.15) is 0 Å². The zero-order valence-corrected chi connectivity index (χ0v) is 17.2. The molecule has 1 fully saturated rings. The molecule has 0 aliphatic carbocycles. The van der Waals surface area contributed by atoms with Crippen LogP contribution in [0.15, 0.2) is 58.2 Å². The number of halogens is 1. The minimum Gasteiger partial charge on any atom is -0.411 e. The van der Waals surface area contributed by atoms with Crippen molar-refractivity contribution in [3.63, 3.8) is 0 Å². The van der Waals surface area contributed by atoms with Crippen LogP contribution in [0.5, 0.6) is 0 Å². The van der Waals surface area contributed by atoms with Crippen molar-refractivity contribution in [3.8, 4) is 11.5 Å². The highest BCUT2D eigenvalue weighted by molar-refractivity contribution is 7.99. The van der Waals surface area contributed by atoms with E-state index in [2.05, 4.69) is 21.2 Å². The summed E-state index contributed by atoms with van der Waals surface area (Å²) in [7, 11) is 0. The lowest BCUT2D eigenvalue weighted by Gasteiger charge is -2.32. The highest BCUT2D eigenvalue weighted by Crippen LogP contribution is 2.27. The van der Waals surface area contributed by atoms with Gasteiger partial charge in [0.25, 0.3) is 5.22 Å². The van der Waals surface area contributed by atoms with Crippen LogP contribution in [0.3, 0.4) is 0 Å². The van der Waals surface area contributed by atoms with Crippen molar-refractivity contribution in [2.75, 3.05) is 25.4 Å². The Hall–Kier alpha value is -1.86. The Morgan fingerprint density at radius 1 is 1.14 bits per heavy atom. The maximum atomic E-state index is 6.30. The molecular weight excluding hydrogens is 394 g/mol. The fraction of sp³-hybridized carbons (Fsp3) is 0.333. The van der Waals surface area contributed by atoms with Gasteiger partial charge in [0.15, 0.2) is 0 Å². The summed E-state index contributed by atoms with van der Waals surface area (Å²) in [6.45, 7) is 5.35. The zero-order valence-electron chi connectivity index (χ0n) is 15.7. The van der Waals surface area contributed by atoms with E-state index in [1.807, 2.05) is 49.4 Å². The third-order valence-electron chi connectivity index (χ3n) is 4.75. The van der Waals surface area contributed by atoms with E-state index in [1.165, 1.54) is 0 Å². The van der Waals surface area contributed by atoms with E-state index in [9.17, 15) is 0 Å². The predicted octanol–water partition coefficient (Wildman–Crippen LogP) is 4.69. The number of aromatic nitrogens is 2. The quantitative estimate of drug-likeness (QED) is 0.544. The molecule has 7 heteroatoms. The second kappa shape index (κ2) is 9.09. The van der Waals surface area contributed by atoms with E-state index in [1.54, 1.807) is 11.8 Å². The molecule has 4 rings (SSSR count). The lowest BCUT2D eigenvalue weighted by atomic mass is 10.1.